The molecule has 1 atom stereocenters. The molecule has 4 aromatic rings. The highest BCUT2D eigenvalue weighted by Crippen LogP contribution is 2.39. The molecular weight excluding hydrogens is 489 g/mol. The Hall–Kier alpha value is -2.63. The lowest BCUT2D eigenvalue weighted by atomic mass is 10.0. The van der Waals surface area contributed by atoms with Gasteiger partial charge >= 0.3 is 0 Å². The minimum atomic E-state index is -1.34. The summed E-state index contributed by atoms with van der Waals surface area (Å²) in [6.45, 7) is 3.42. The maximum Gasteiger partial charge on any atom is 0.293 e. The number of amides is 1. The van der Waals surface area contributed by atoms with Crippen molar-refractivity contribution in [3.8, 4) is 0 Å². The summed E-state index contributed by atoms with van der Waals surface area (Å²) in [6, 6.07) is 4.18. The van der Waals surface area contributed by atoms with E-state index in [4.69, 9.17) is 4.42 Å². The fraction of sp³-hybridized carbons (Fsp3) is 0.300. The molecule has 3 aromatic heterocycles. The average molecular weight is 506 g/mol. The van der Waals surface area contributed by atoms with Crippen molar-refractivity contribution < 1.29 is 18.7 Å². The molecule has 2 N–H and O–H groups in total. The molecule has 0 spiro atoms. The number of halogens is 2. The number of carbonyl (C=O) groups is 1. The number of oxazole rings is 1. The van der Waals surface area contributed by atoms with Gasteiger partial charge < -0.3 is 19.4 Å². The van der Waals surface area contributed by atoms with Crippen molar-refractivity contribution in [1.82, 2.24) is 24.8 Å². The SMILES string of the molecule is CC(C)(O)c1nc(Br)c(C(=O)N2CCc3[nH]cnc3[C@H]2c2nc3c(F)cccc3s2)o1. The van der Waals surface area contributed by atoms with Crippen molar-refractivity contribution in [2.75, 3.05) is 6.54 Å². The summed E-state index contributed by atoms with van der Waals surface area (Å²) >= 11 is 4.59. The van der Waals surface area contributed by atoms with E-state index in [0.29, 0.717) is 28.4 Å². The van der Waals surface area contributed by atoms with Crippen LogP contribution in [0.25, 0.3) is 10.2 Å². The Kier molecular flexibility index (Phi) is 4.72. The highest BCUT2D eigenvalue weighted by Gasteiger charge is 2.39. The molecule has 5 rings (SSSR count). The molecule has 0 aliphatic carbocycles. The van der Waals surface area contributed by atoms with Gasteiger partial charge in [-0.1, -0.05) is 6.07 Å². The van der Waals surface area contributed by atoms with Gasteiger partial charge in [0, 0.05) is 18.7 Å². The first kappa shape index (κ1) is 20.3. The standard InChI is InChI=1S/C20H17BrFN5O3S/c1-20(2,29)19-26-16(21)15(30-19)18(28)27-7-6-10-13(24-8-23-10)14(27)17-25-12-9(22)4-3-5-11(12)31-17/h3-5,8,14,29H,6-7H2,1-2H3,(H,23,24)/t14-/m0/s1. The molecule has 1 aromatic carbocycles. The zero-order chi connectivity index (χ0) is 21.9. The summed E-state index contributed by atoms with van der Waals surface area (Å²) in [6.07, 6.45) is 2.15. The number of hydrogen-bond acceptors (Lipinski definition) is 7. The molecule has 0 bridgehead atoms. The summed E-state index contributed by atoms with van der Waals surface area (Å²) < 4.78 is 20.8. The number of benzene rings is 1. The van der Waals surface area contributed by atoms with E-state index in [1.807, 2.05) is 0 Å². The van der Waals surface area contributed by atoms with E-state index in [9.17, 15) is 14.3 Å². The Labute approximate surface area is 188 Å². The van der Waals surface area contributed by atoms with Gasteiger partial charge in [-0.05, 0) is 41.9 Å². The molecule has 1 amide bonds. The highest BCUT2D eigenvalue weighted by atomic mass is 79.9. The topological polar surface area (TPSA) is 108 Å². The minimum Gasteiger partial charge on any atom is -0.431 e. The van der Waals surface area contributed by atoms with E-state index in [1.54, 1.807) is 23.4 Å². The number of imidazole rings is 1. The molecule has 0 saturated heterocycles. The van der Waals surface area contributed by atoms with Crippen LogP contribution in [0.5, 0.6) is 0 Å². The predicted octanol–water partition coefficient (Wildman–Crippen LogP) is 3.92. The van der Waals surface area contributed by atoms with Crippen molar-refractivity contribution in [3.05, 3.63) is 63.0 Å². The smallest absolute Gasteiger partial charge is 0.293 e. The Morgan fingerprint density at radius 2 is 2.23 bits per heavy atom. The van der Waals surface area contributed by atoms with E-state index in [-0.39, 0.29) is 21.8 Å². The lowest BCUT2D eigenvalue weighted by Gasteiger charge is -2.33. The van der Waals surface area contributed by atoms with Crippen LogP contribution in [0, 0.1) is 5.82 Å². The molecule has 1 aliphatic heterocycles. The Morgan fingerprint density at radius 1 is 1.42 bits per heavy atom. The van der Waals surface area contributed by atoms with E-state index < -0.39 is 23.4 Å². The van der Waals surface area contributed by atoms with E-state index in [2.05, 4.69) is 35.9 Å². The van der Waals surface area contributed by atoms with Crippen LogP contribution >= 0.6 is 27.3 Å². The quantitative estimate of drug-likeness (QED) is 0.436. The lowest BCUT2D eigenvalue weighted by Crippen LogP contribution is -2.40. The van der Waals surface area contributed by atoms with Crippen molar-refractivity contribution in [1.29, 1.82) is 0 Å². The number of thiazole rings is 1. The fourth-order valence-corrected chi connectivity index (χ4v) is 5.13. The Balaban J connectivity index is 1.61. The second-order valence-electron chi connectivity index (χ2n) is 7.75. The number of aromatic nitrogens is 4. The predicted molar refractivity (Wildman–Crippen MR) is 114 cm³/mol. The summed E-state index contributed by atoms with van der Waals surface area (Å²) in [4.78, 5) is 31.3. The Morgan fingerprint density at radius 3 is 2.94 bits per heavy atom. The lowest BCUT2D eigenvalue weighted by molar-refractivity contribution is 0.0441. The van der Waals surface area contributed by atoms with Crippen LogP contribution < -0.4 is 0 Å². The van der Waals surface area contributed by atoms with E-state index in [0.717, 1.165) is 5.69 Å². The summed E-state index contributed by atoms with van der Waals surface area (Å²) in [7, 11) is 0. The number of aromatic amines is 1. The van der Waals surface area contributed by atoms with Gasteiger partial charge in [0.1, 0.15) is 28.0 Å². The molecule has 0 saturated carbocycles. The number of nitrogens with one attached hydrogen (secondary N) is 1. The third-order valence-electron chi connectivity index (χ3n) is 5.11. The number of para-hydroxylation sites is 1. The molecule has 0 radical (unpaired) electrons. The third kappa shape index (κ3) is 3.36. The maximum atomic E-state index is 14.3. The number of aliphatic hydroxyl groups is 1. The van der Waals surface area contributed by atoms with Crippen LogP contribution in [-0.2, 0) is 12.0 Å². The maximum absolute atomic E-state index is 14.3. The molecule has 4 heterocycles. The normalized spacial score (nSPS) is 16.7. The number of H-pyrrole nitrogens is 1. The zero-order valence-electron chi connectivity index (χ0n) is 16.5. The van der Waals surface area contributed by atoms with Gasteiger partial charge in [-0.25, -0.2) is 19.3 Å². The van der Waals surface area contributed by atoms with Crippen molar-refractivity contribution in [2.24, 2.45) is 0 Å². The molecule has 31 heavy (non-hydrogen) atoms. The zero-order valence-corrected chi connectivity index (χ0v) is 18.9. The largest absolute Gasteiger partial charge is 0.431 e. The van der Waals surface area contributed by atoms with Crippen molar-refractivity contribution in [3.63, 3.8) is 0 Å². The van der Waals surface area contributed by atoms with Crippen LogP contribution in [-0.4, -0.2) is 42.4 Å². The van der Waals surface area contributed by atoms with Crippen LogP contribution in [0.2, 0.25) is 0 Å². The highest BCUT2D eigenvalue weighted by molar-refractivity contribution is 9.10. The van der Waals surface area contributed by atoms with Gasteiger partial charge in [-0.3, -0.25) is 4.79 Å². The second-order valence-corrected chi connectivity index (χ2v) is 9.57. The van der Waals surface area contributed by atoms with Gasteiger partial charge in [0.15, 0.2) is 4.60 Å². The van der Waals surface area contributed by atoms with Gasteiger partial charge in [-0.2, -0.15) is 0 Å². The number of rotatable bonds is 3. The van der Waals surface area contributed by atoms with Crippen LogP contribution in [0.1, 0.15) is 52.7 Å². The minimum absolute atomic E-state index is 0.0200. The summed E-state index contributed by atoms with van der Waals surface area (Å²) in [5.74, 6) is -0.829. The first-order valence-corrected chi connectivity index (χ1v) is 11.1. The first-order chi connectivity index (χ1) is 14.7. The van der Waals surface area contributed by atoms with Crippen molar-refractivity contribution in [2.45, 2.75) is 31.9 Å². The average Bonchev–Trinajstić information content (AvgIpc) is 3.44. The molecule has 1 aliphatic rings. The molecule has 8 nitrogen and oxygen atoms in total. The molecule has 0 fully saturated rings. The third-order valence-corrected chi connectivity index (χ3v) is 6.72. The van der Waals surface area contributed by atoms with E-state index >= 15 is 0 Å². The number of nitrogens with zero attached hydrogens (tertiary/aromatic N) is 4. The molecular formula is C20H17BrFN5O3S. The first-order valence-electron chi connectivity index (χ1n) is 9.51. The van der Waals surface area contributed by atoms with Gasteiger partial charge in [-0.15, -0.1) is 11.3 Å². The Bertz CT molecular complexity index is 1310. The molecule has 0 unspecified atom stereocenters. The number of carbonyl (C=O) groups excluding carboxylic acids is 1. The van der Waals surface area contributed by atoms with Gasteiger partial charge in [0.2, 0.25) is 11.7 Å². The van der Waals surface area contributed by atoms with Crippen molar-refractivity contribution >= 4 is 43.4 Å². The fourth-order valence-electron chi connectivity index (χ4n) is 3.62. The van der Waals surface area contributed by atoms with Gasteiger partial charge in [0.05, 0.1) is 16.7 Å². The van der Waals surface area contributed by atoms with Crippen LogP contribution in [0.4, 0.5) is 4.39 Å². The summed E-state index contributed by atoms with van der Waals surface area (Å²) in [5.41, 5.74) is 0.491. The number of hydrogen-bond donors (Lipinski definition) is 2. The van der Waals surface area contributed by atoms with Crippen LogP contribution in [0.15, 0.2) is 33.5 Å². The number of fused-ring (bicyclic) bond motifs is 2. The second kappa shape index (κ2) is 7.21. The monoisotopic (exact) mass is 505 g/mol. The molecule has 11 heteroatoms. The van der Waals surface area contributed by atoms with Gasteiger partial charge in [0.25, 0.3) is 5.91 Å². The van der Waals surface area contributed by atoms with Crippen LogP contribution in [0.3, 0.4) is 0 Å². The molecule has 160 valence electrons. The summed E-state index contributed by atoms with van der Waals surface area (Å²) in [5, 5.41) is 10.8. The van der Waals surface area contributed by atoms with E-state index in [1.165, 1.54) is 31.3 Å².